The summed E-state index contributed by atoms with van der Waals surface area (Å²) in [5, 5.41) is 3.85. The second-order valence-electron chi connectivity index (χ2n) is 7.45. The molecule has 3 rings (SSSR count). The van der Waals surface area contributed by atoms with Gasteiger partial charge in [-0.2, -0.15) is 0 Å². The van der Waals surface area contributed by atoms with Gasteiger partial charge in [-0.3, -0.25) is 0 Å². The lowest BCUT2D eigenvalue weighted by atomic mass is 9.90. The van der Waals surface area contributed by atoms with Crippen LogP contribution in [0.1, 0.15) is 58.6 Å². The molecule has 2 unspecified atom stereocenters. The third-order valence-electron chi connectivity index (χ3n) is 4.67. The van der Waals surface area contributed by atoms with Crippen LogP contribution in [0.2, 0.25) is 0 Å². The largest absolute Gasteiger partial charge is 0.486 e. The van der Waals surface area contributed by atoms with Gasteiger partial charge in [0.15, 0.2) is 0 Å². The number of para-hydroxylation sites is 1. The Hall–Kier alpha value is -1.02. The van der Waals surface area contributed by atoms with Gasteiger partial charge in [-0.15, -0.1) is 0 Å². The van der Waals surface area contributed by atoms with E-state index in [2.05, 4.69) is 57.3 Å². The highest BCUT2D eigenvalue weighted by atomic mass is 16.5. The molecule has 0 bridgehead atoms. The molecule has 1 aliphatic heterocycles. The predicted molar refractivity (Wildman–Crippen MR) is 78.4 cm³/mol. The molecule has 2 atom stereocenters. The third kappa shape index (κ3) is 2.38. The molecular formula is C17H25NO. The Kier molecular flexibility index (Phi) is 2.90. The van der Waals surface area contributed by atoms with Crippen molar-refractivity contribution in [3.63, 3.8) is 0 Å². The minimum atomic E-state index is -0.156. The lowest BCUT2D eigenvalue weighted by Gasteiger charge is -2.30. The maximum atomic E-state index is 6.11. The van der Waals surface area contributed by atoms with E-state index >= 15 is 0 Å². The van der Waals surface area contributed by atoms with Crippen LogP contribution in [0.25, 0.3) is 0 Å². The Morgan fingerprint density at radius 1 is 1.16 bits per heavy atom. The van der Waals surface area contributed by atoms with E-state index in [4.69, 9.17) is 4.74 Å². The molecule has 1 fully saturated rings. The maximum absolute atomic E-state index is 6.11. The molecule has 19 heavy (non-hydrogen) atoms. The van der Waals surface area contributed by atoms with Gasteiger partial charge in [0.1, 0.15) is 11.4 Å². The van der Waals surface area contributed by atoms with E-state index in [1.165, 1.54) is 24.8 Å². The smallest absolute Gasteiger partial charge is 0.125 e. The first kappa shape index (κ1) is 13.0. The van der Waals surface area contributed by atoms with Gasteiger partial charge in [-0.05, 0) is 44.6 Å². The fraction of sp³-hybridized carbons (Fsp3) is 0.647. The van der Waals surface area contributed by atoms with Crippen LogP contribution in [-0.2, 0) is 0 Å². The Balaban J connectivity index is 1.80. The van der Waals surface area contributed by atoms with Crippen LogP contribution in [0.15, 0.2) is 24.3 Å². The number of rotatable bonds is 2. The molecule has 104 valence electrons. The van der Waals surface area contributed by atoms with E-state index in [1.807, 2.05) is 0 Å². The summed E-state index contributed by atoms with van der Waals surface area (Å²) in [4.78, 5) is 0. The monoisotopic (exact) mass is 259 g/mol. The van der Waals surface area contributed by atoms with Gasteiger partial charge < -0.3 is 10.1 Å². The molecule has 1 heterocycles. The van der Waals surface area contributed by atoms with Crippen LogP contribution < -0.4 is 10.1 Å². The Morgan fingerprint density at radius 3 is 2.58 bits per heavy atom. The average Bonchev–Trinajstić information content (AvgIpc) is 2.77. The number of nitrogens with one attached hydrogen (secondary N) is 1. The highest BCUT2D eigenvalue weighted by Crippen LogP contribution is 2.45. The lowest BCUT2D eigenvalue weighted by Crippen LogP contribution is -2.43. The van der Waals surface area contributed by atoms with Crippen LogP contribution in [0.4, 0.5) is 0 Å². The van der Waals surface area contributed by atoms with Crippen LogP contribution in [0.5, 0.6) is 5.75 Å². The van der Waals surface area contributed by atoms with Gasteiger partial charge in [-0.25, -0.2) is 0 Å². The molecule has 2 nitrogen and oxygen atoms in total. The molecule has 1 N–H and O–H groups in total. The summed E-state index contributed by atoms with van der Waals surface area (Å²) in [6.07, 6.45) is 3.86. The van der Waals surface area contributed by atoms with E-state index < -0.39 is 0 Å². The van der Waals surface area contributed by atoms with Crippen LogP contribution in [0.3, 0.4) is 0 Å². The molecule has 1 aromatic carbocycles. The third-order valence-corrected chi connectivity index (χ3v) is 4.67. The topological polar surface area (TPSA) is 21.3 Å². The van der Waals surface area contributed by atoms with Crippen molar-refractivity contribution >= 4 is 0 Å². The van der Waals surface area contributed by atoms with Gasteiger partial charge in [0.25, 0.3) is 0 Å². The molecule has 1 aliphatic carbocycles. The quantitative estimate of drug-likeness (QED) is 0.864. The van der Waals surface area contributed by atoms with Gasteiger partial charge in [0.2, 0.25) is 0 Å². The van der Waals surface area contributed by atoms with Crippen molar-refractivity contribution in [1.82, 2.24) is 5.32 Å². The van der Waals surface area contributed by atoms with E-state index in [0.717, 1.165) is 5.75 Å². The molecule has 0 saturated heterocycles. The average molecular weight is 259 g/mol. The first-order valence-corrected chi connectivity index (χ1v) is 7.41. The number of fused-ring (bicyclic) bond motifs is 1. The molecule has 0 spiro atoms. The van der Waals surface area contributed by atoms with Crippen LogP contribution >= 0.6 is 0 Å². The standard InChI is InChI=1S/C17H25NO/c1-16(2)10-9-12(11-16)18-15-13-7-5-6-8-14(13)19-17(15,3)4/h5-8,12,15,18H,9-11H2,1-4H3. The van der Waals surface area contributed by atoms with Gasteiger partial charge in [0, 0.05) is 11.6 Å². The zero-order valence-electron chi connectivity index (χ0n) is 12.5. The number of hydrogen-bond donors (Lipinski definition) is 1. The summed E-state index contributed by atoms with van der Waals surface area (Å²) < 4.78 is 6.11. The molecular weight excluding hydrogens is 234 g/mol. The summed E-state index contributed by atoms with van der Waals surface area (Å²) in [5.41, 5.74) is 1.65. The minimum Gasteiger partial charge on any atom is -0.486 e. The second kappa shape index (κ2) is 4.24. The van der Waals surface area contributed by atoms with Crippen molar-refractivity contribution in [3.05, 3.63) is 29.8 Å². The first-order chi connectivity index (χ1) is 8.87. The lowest BCUT2D eigenvalue weighted by molar-refractivity contribution is 0.0904. The predicted octanol–water partition coefficient (Wildman–Crippen LogP) is 4.07. The fourth-order valence-corrected chi connectivity index (χ4v) is 3.63. The van der Waals surface area contributed by atoms with Crippen LogP contribution in [0, 0.1) is 5.41 Å². The molecule has 1 aromatic rings. The van der Waals surface area contributed by atoms with E-state index in [9.17, 15) is 0 Å². The summed E-state index contributed by atoms with van der Waals surface area (Å²) in [6, 6.07) is 9.36. The Bertz CT molecular complexity index is 478. The van der Waals surface area contributed by atoms with Crippen molar-refractivity contribution < 1.29 is 4.74 Å². The van der Waals surface area contributed by atoms with Crippen LogP contribution in [-0.4, -0.2) is 11.6 Å². The van der Waals surface area contributed by atoms with Crippen molar-refractivity contribution in [2.75, 3.05) is 0 Å². The van der Waals surface area contributed by atoms with Gasteiger partial charge in [-0.1, -0.05) is 32.0 Å². The zero-order chi connectivity index (χ0) is 13.7. The number of benzene rings is 1. The molecule has 0 radical (unpaired) electrons. The zero-order valence-corrected chi connectivity index (χ0v) is 12.5. The summed E-state index contributed by atoms with van der Waals surface area (Å²) >= 11 is 0. The normalized spacial score (nSPS) is 30.9. The van der Waals surface area contributed by atoms with E-state index in [-0.39, 0.29) is 5.60 Å². The SMILES string of the molecule is CC1(C)CCC(NC2c3ccccc3OC2(C)C)C1. The number of hydrogen-bond acceptors (Lipinski definition) is 2. The molecule has 2 heteroatoms. The Labute approximate surface area is 116 Å². The number of ether oxygens (including phenoxy) is 1. The molecule has 2 aliphatic rings. The van der Waals surface area contributed by atoms with Crippen molar-refractivity contribution in [2.45, 2.75) is 64.6 Å². The van der Waals surface area contributed by atoms with Gasteiger partial charge >= 0.3 is 0 Å². The fourth-order valence-electron chi connectivity index (χ4n) is 3.63. The highest BCUT2D eigenvalue weighted by molar-refractivity contribution is 5.42. The van der Waals surface area contributed by atoms with E-state index in [0.29, 0.717) is 17.5 Å². The minimum absolute atomic E-state index is 0.156. The summed E-state index contributed by atoms with van der Waals surface area (Å²) in [7, 11) is 0. The van der Waals surface area contributed by atoms with Crippen molar-refractivity contribution in [1.29, 1.82) is 0 Å². The molecule has 0 amide bonds. The first-order valence-electron chi connectivity index (χ1n) is 7.41. The summed E-state index contributed by atoms with van der Waals surface area (Å²) in [5.74, 6) is 1.04. The van der Waals surface area contributed by atoms with Crippen molar-refractivity contribution in [2.24, 2.45) is 5.41 Å². The van der Waals surface area contributed by atoms with E-state index in [1.54, 1.807) is 0 Å². The van der Waals surface area contributed by atoms with Crippen molar-refractivity contribution in [3.8, 4) is 5.75 Å². The highest BCUT2D eigenvalue weighted by Gasteiger charge is 2.43. The second-order valence-corrected chi connectivity index (χ2v) is 7.45. The maximum Gasteiger partial charge on any atom is 0.125 e. The van der Waals surface area contributed by atoms with Gasteiger partial charge in [0.05, 0.1) is 6.04 Å². The summed E-state index contributed by atoms with van der Waals surface area (Å²) in [6.45, 7) is 9.12. The molecule has 0 aromatic heterocycles. The molecule has 1 saturated carbocycles. The Morgan fingerprint density at radius 2 is 1.89 bits per heavy atom.